The smallest absolute Gasteiger partial charge is 0.353 e. The number of thiophene rings is 1. The Hall–Kier alpha value is -2.28. The molecule has 3 aromatic rings. The SMILES string of the molecule is C=C(NC(C)=O)c1csc2c(-c3cc(Cl)cc(Cl)c3)c(C(=O)O)[nH]c12. The van der Waals surface area contributed by atoms with Gasteiger partial charge in [-0.3, -0.25) is 4.79 Å². The number of nitrogens with one attached hydrogen (secondary N) is 2. The van der Waals surface area contributed by atoms with E-state index in [0.29, 0.717) is 37.9 Å². The predicted octanol–water partition coefficient (Wildman–Crippen LogP) is 5.01. The van der Waals surface area contributed by atoms with Crippen molar-refractivity contribution in [1.82, 2.24) is 10.3 Å². The maximum absolute atomic E-state index is 11.7. The number of carbonyl (C=O) groups excluding carboxylic acids is 1. The zero-order valence-corrected chi connectivity index (χ0v) is 15.3. The van der Waals surface area contributed by atoms with Gasteiger partial charge in [-0.1, -0.05) is 29.8 Å². The topological polar surface area (TPSA) is 82.2 Å². The lowest BCUT2D eigenvalue weighted by molar-refractivity contribution is -0.117. The summed E-state index contributed by atoms with van der Waals surface area (Å²) in [5, 5.41) is 14.8. The largest absolute Gasteiger partial charge is 0.477 e. The molecule has 0 spiro atoms. The van der Waals surface area contributed by atoms with Crippen LogP contribution in [0.25, 0.3) is 27.0 Å². The number of benzene rings is 1. The molecular formula is C17H12Cl2N2O3S. The lowest BCUT2D eigenvalue weighted by Crippen LogP contribution is -2.16. The number of aromatic amines is 1. The lowest BCUT2D eigenvalue weighted by atomic mass is 10.1. The number of aromatic nitrogens is 1. The number of H-pyrrole nitrogens is 1. The molecule has 2 heterocycles. The second-order valence-electron chi connectivity index (χ2n) is 5.35. The quantitative estimate of drug-likeness (QED) is 0.581. The van der Waals surface area contributed by atoms with Gasteiger partial charge in [0.05, 0.1) is 10.2 Å². The van der Waals surface area contributed by atoms with Crippen molar-refractivity contribution in [2.75, 3.05) is 0 Å². The number of fused-ring (bicyclic) bond motifs is 1. The van der Waals surface area contributed by atoms with Crippen LogP contribution < -0.4 is 5.32 Å². The molecule has 0 saturated carbocycles. The highest BCUT2D eigenvalue weighted by Crippen LogP contribution is 2.41. The molecule has 5 nitrogen and oxygen atoms in total. The van der Waals surface area contributed by atoms with Crippen LogP contribution in [0, 0.1) is 0 Å². The summed E-state index contributed by atoms with van der Waals surface area (Å²) in [6, 6.07) is 4.89. The van der Waals surface area contributed by atoms with Gasteiger partial charge in [-0.15, -0.1) is 11.3 Å². The Balaban J connectivity index is 2.26. The molecule has 128 valence electrons. The predicted molar refractivity (Wildman–Crippen MR) is 101 cm³/mol. The first-order chi connectivity index (χ1) is 11.8. The van der Waals surface area contributed by atoms with Gasteiger partial charge in [0.2, 0.25) is 5.91 Å². The second-order valence-corrected chi connectivity index (χ2v) is 7.10. The molecule has 0 bridgehead atoms. The van der Waals surface area contributed by atoms with E-state index in [-0.39, 0.29) is 11.6 Å². The van der Waals surface area contributed by atoms with Crippen LogP contribution in [-0.2, 0) is 4.79 Å². The molecule has 2 aromatic heterocycles. The summed E-state index contributed by atoms with van der Waals surface area (Å²) in [5.41, 5.74) is 2.74. The van der Waals surface area contributed by atoms with Crippen LogP contribution in [0.1, 0.15) is 23.0 Å². The molecule has 1 amide bonds. The van der Waals surface area contributed by atoms with Crippen molar-refractivity contribution in [1.29, 1.82) is 0 Å². The van der Waals surface area contributed by atoms with E-state index in [4.69, 9.17) is 23.2 Å². The van der Waals surface area contributed by atoms with Gasteiger partial charge in [0, 0.05) is 39.2 Å². The minimum absolute atomic E-state index is 0.0251. The first kappa shape index (κ1) is 17.5. The minimum atomic E-state index is -1.11. The van der Waals surface area contributed by atoms with Crippen molar-refractivity contribution in [3.8, 4) is 11.1 Å². The highest BCUT2D eigenvalue weighted by Gasteiger charge is 2.23. The molecule has 0 radical (unpaired) electrons. The van der Waals surface area contributed by atoms with Gasteiger partial charge in [-0.05, 0) is 23.8 Å². The van der Waals surface area contributed by atoms with Crippen LogP contribution in [-0.4, -0.2) is 22.0 Å². The number of hydrogen-bond donors (Lipinski definition) is 3. The molecule has 3 N–H and O–H groups in total. The Kier molecular flexibility index (Phi) is 4.60. The van der Waals surface area contributed by atoms with E-state index in [2.05, 4.69) is 16.9 Å². The molecule has 0 fully saturated rings. The Labute approximate surface area is 156 Å². The summed E-state index contributed by atoms with van der Waals surface area (Å²) in [6.07, 6.45) is 0. The average Bonchev–Trinajstić information content (AvgIpc) is 3.03. The van der Waals surface area contributed by atoms with Crippen molar-refractivity contribution in [3.63, 3.8) is 0 Å². The highest BCUT2D eigenvalue weighted by atomic mass is 35.5. The monoisotopic (exact) mass is 394 g/mol. The highest BCUT2D eigenvalue weighted by molar-refractivity contribution is 7.18. The molecule has 0 aliphatic carbocycles. The number of carbonyl (C=O) groups is 2. The van der Waals surface area contributed by atoms with Crippen molar-refractivity contribution in [2.24, 2.45) is 0 Å². The molecule has 0 unspecified atom stereocenters. The summed E-state index contributed by atoms with van der Waals surface area (Å²) in [4.78, 5) is 25.9. The fraction of sp³-hybridized carbons (Fsp3) is 0.0588. The number of carboxylic acid groups (broad SMARTS) is 1. The Bertz CT molecular complexity index is 1020. The lowest BCUT2D eigenvalue weighted by Gasteiger charge is -2.03. The van der Waals surface area contributed by atoms with Crippen LogP contribution >= 0.6 is 34.5 Å². The van der Waals surface area contributed by atoms with Crippen molar-refractivity contribution >= 4 is 62.3 Å². The number of carboxylic acids is 1. The van der Waals surface area contributed by atoms with Crippen LogP contribution in [0.5, 0.6) is 0 Å². The van der Waals surface area contributed by atoms with Gasteiger partial charge in [0.25, 0.3) is 0 Å². The zero-order valence-electron chi connectivity index (χ0n) is 12.9. The van der Waals surface area contributed by atoms with Crippen LogP contribution in [0.15, 0.2) is 30.2 Å². The van der Waals surface area contributed by atoms with E-state index >= 15 is 0 Å². The van der Waals surface area contributed by atoms with E-state index in [1.807, 2.05) is 0 Å². The molecule has 0 aliphatic heterocycles. The molecular weight excluding hydrogens is 383 g/mol. The first-order valence-corrected chi connectivity index (χ1v) is 8.71. The maximum Gasteiger partial charge on any atom is 0.353 e. The first-order valence-electron chi connectivity index (χ1n) is 7.07. The van der Waals surface area contributed by atoms with E-state index in [9.17, 15) is 14.7 Å². The third kappa shape index (κ3) is 3.28. The molecule has 8 heteroatoms. The average molecular weight is 395 g/mol. The second kappa shape index (κ2) is 6.55. The number of hydrogen-bond acceptors (Lipinski definition) is 3. The van der Waals surface area contributed by atoms with Crippen LogP contribution in [0.2, 0.25) is 10.0 Å². The van der Waals surface area contributed by atoms with Gasteiger partial charge in [-0.25, -0.2) is 4.79 Å². The summed E-state index contributed by atoms with van der Waals surface area (Å²) < 4.78 is 0.720. The summed E-state index contributed by atoms with van der Waals surface area (Å²) in [7, 11) is 0. The van der Waals surface area contributed by atoms with Gasteiger partial charge in [0.1, 0.15) is 5.69 Å². The Morgan fingerprint density at radius 1 is 1.24 bits per heavy atom. The number of halogens is 2. The molecule has 0 saturated heterocycles. The van der Waals surface area contributed by atoms with Crippen LogP contribution in [0.3, 0.4) is 0 Å². The number of aromatic carboxylic acids is 1. The molecule has 3 rings (SSSR count). The fourth-order valence-corrected chi connectivity index (χ4v) is 4.24. The molecule has 1 aromatic carbocycles. The standard InChI is InChI=1S/C17H12Cl2N2O3S/c1-7(20-8(2)22)12-6-25-16-13(15(17(23)24)21-14(12)16)9-3-10(18)5-11(19)4-9/h3-6,21H,1H2,2H3,(H,20,22)(H,23,24). The zero-order chi connectivity index (χ0) is 18.3. The summed E-state index contributed by atoms with van der Waals surface area (Å²) in [6.45, 7) is 5.22. The van der Waals surface area contributed by atoms with E-state index in [1.54, 1.807) is 23.6 Å². The molecule has 0 atom stereocenters. The number of amides is 1. The van der Waals surface area contributed by atoms with E-state index in [0.717, 1.165) is 4.70 Å². The van der Waals surface area contributed by atoms with Gasteiger partial charge < -0.3 is 15.4 Å². The third-order valence-corrected chi connectivity index (χ3v) is 4.97. The molecule has 25 heavy (non-hydrogen) atoms. The normalized spacial score (nSPS) is 10.8. The van der Waals surface area contributed by atoms with Crippen molar-refractivity contribution < 1.29 is 14.7 Å². The summed E-state index contributed by atoms with van der Waals surface area (Å²) >= 11 is 13.5. The van der Waals surface area contributed by atoms with E-state index in [1.165, 1.54) is 18.3 Å². The van der Waals surface area contributed by atoms with Crippen molar-refractivity contribution in [2.45, 2.75) is 6.92 Å². The van der Waals surface area contributed by atoms with Gasteiger partial charge >= 0.3 is 5.97 Å². The van der Waals surface area contributed by atoms with Gasteiger partial charge in [0.15, 0.2) is 0 Å². The third-order valence-electron chi connectivity index (χ3n) is 3.54. The summed E-state index contributed by atoms with van der Waals surface area (Å²) in [5.74, 6) is -1.36. The van der Waals surface area contributed by atoms with Gasteiger partial charge in [-0.2, -0.15) is 0 Å². The Morgan fingerprint density at radius 3 is 2.44 bits per heavy atom. The number of rotatable bonds is 4. The Morgan fingerprint density at radius 2 is 1.88 bits per heavy atom. The van der Waals surface area contributed by atoms with E-state index < -0.39 is 5.97 Å². The van der Waals surface area contributed by atoms with Crippen LogP contribution in [0.4, 0.5) is 0 Å². The molecule has 0 aliphatic rings. The maximum atomic E-state index is 11.7. The fourth-order valence-electron chi connectivity index (χ4n) is 2.60. The van der Waals surface area contributed by atoms with Crippen molar-refractivity contribution in [3.05, 3.63) is 51.5 Å². The minimum Gasteiger partial charge on any atom is -0.477 e.